The minimum Gasteiger partial charge on any atom is -0.338 e. The van der Waals surface area contributed by atoms with Crippen LogP contribution in [-0.2, 0) is 16.0 Å². The van der Waals surface area contributed by atoms with Gasteiger partial charge in [0.05, 0.1) is 0 Å². The molecule has 2 atom stereocenters. The largest absolute Gasteiger partial charge is 0.338 e. The maximum Gasteiger partial charge on any atom is 0.227 e. The van der Waals surface area contributed by atoms with Crippen LogP contribution in [0.4, 0.5) is 5.69 Å². The first-order valence-corrected chi connectivity index (χ1v) is 8.57. The first-order valence-electron chi connectivity index (χ1n) is 8.57. The molecule has 0 aromatic heterocycles. The van der Waals surface area contributed by atoms with E-state index in [1.807, 2.05) is 29.2 Å². The monoisotopic (exact) mass is 315 g/mol. The molecular weight excluding hydrogens is 290 g/mol. The molecule has 3 N–H and O–H groups in total. The SMILES string of the molecule is NCC1CCCCN1C(=O)CCC1Cc2ccccc2NC1=O. The van der Waals surface area contributed by atoms with Crippen molar-refractivity contribution in [3.05, 3.63) is 29.8 Å². The molecule has 1 aromatic rings. The molecule has 0 saturated carbocycles. The third-order valence-corrected chi connectivity index (χ3v) is 5.04. The third-order valence-electron chi connectivity index (χ3n) is 5.04. The molecule has 2 unspecified atom stereocenters. The lowest BCUT2D eigenvalue weighted by atomic mass is 9.89. The summed E-state index contributed by atoms with van der Waals surface area (Å²) < 4.78 is 0. The minimum atomic E-state index is -0.116. The average molecular weight is 315 g/mol. The number of nitrogens with two attached hydrogens (primary N) is 1. The third kappa shape index (κ3) is 3.55. The molecule has 0 aliphatic carbocycles. The van der Waals surface area contributed by atoms with Gasteiger partial charge in [0.25, 0.3) is 0 Å². The highest BCUT2D eigenvalue weighted by Gasteiger charge is 2.29. The standard InChI is InChI=1S/C18H25N3O2/c19-12-15-6-3-4-10-21(15)17(22)9-8-14-11-13-5-1-2-7-16(13)20-18(14)23/h1-2,5,7,14-15H,3-4,6,8-12,19H2,(H,20,23). The van der Waals surface area contributed by atoms with E-state index in [1.54, 1.807) is 0 Å². The average Bonchev–Trinajstić information content (AvgIpc) is 2.59. The summed E-state index contributed by atoms with van der Waals surface area (Å²) >= 11 is 0. The van der Waals surface area contributed by atoms with E-state index in [9.17, 15) is 9.59 Å². The molecule has 5 nitrogen and oxygen atoms in total. The van der Waals surface area contributed by atoms with Gasteiger partial charge in [-0.3, -0.25) is 9.59 Å². The smallest absolute Gasteiger partial charge is 0.227 e. The number of piperidine rings is 1. The van der Waals surface area contributed by atoms with Crippen molar-refractivity contribution in [3.8, 4) is 0 Å². The van der Waals surface area contributed by atoms with Crippen molar-refractivity contribution in [2.75, 3.05) is 18.4 Å². The predicted molar refractivity (Wildman–Crippen MR) is 89.9 cm³/mol. The molecule has 1 saturated heterocycles. The van der Waals surface area contributed by atoms with E-state index < -0.39 is 0 Å². The number of likely N-dealkylation sites (tertiary alicyclic amines) is 1. The first-order chi connectivity index (χ1) is 11.2. The van der Waals surface area contributed by atoms with E-state index in [2.05, 4.69) is 5.32 Å². The van der Waals surface area contributed by atoms with Gasteiger partial charge in [0.1, 0.15) is 0 Å². The van der Waals surface area contributed by atoms with Gasteiger partial charge in [0, 0.05) is 37.2 Å². The topological polar surface area (TPSA) is 75.4 Å². The molecule has 2 aliphatic rings. The number of nitrogens with zero attached hydrogens (tertiary/aromatic N) is 1. The lowest BCUT2D eigenvalue weighted by Crippen LogP contribution is -2.47. The molecule has 0 radical (unpaired) electrons. The number of nitrogens with one attached hydrogen (secondary N) is 1. The number of carbonyl (C=O) groups excluding carboxylic acids is 2. The van der Waals surface area contributed by atoms with Crippen LogP contribution in [0.2, 0.25) is 0 Å². The fourth-order valence-electron chi connectivity index (χ4n) is 3.66. The molecule has 2 heterocycles. The zero-order valence-electron chi connectivity index (χ0n) is 13.5. The van der Waals surface area contributed by atoms with Crippen molar-refractivity contribution in [1.29, 1.82) is 0 Å². The molecule has 5 heteroatoms. The van der Waals surface area contributed by atoms with E-state index in [-0.39, 0.29) is 23.8 Å². The maximum atomic E-state index is 12.5. The Labute approximate surface area is 137 Å². The molecule has 0 bridgehead atoms. The first kappa shape index (κ1) is 16.0. The zero-order chi connectivity index (χ0) is 16.2. The molecule has 124 valence electrons. The van der Waals surface area contributed by atoms with Crippen molar-refractivity contribution in [2.24, 2.45) is 11.7 Å². The van der Waals surface area contributed by atoms with Crippen LogP contribution in [0, 0.1) is 5.92 Å². The van der Waals surface area contributed by atoms with Crippen LogP contribution in [0.25, 0.3) is 0 Å². The van der Waals surface area contributed by atoms with Crippen LogP contribution >= 0.6 is 0 Å². The highest BCUT2D eigenvalue weighted by atomic mass is 16.2. The number of fused-ring (bicyclic) bond motifs is 1. The fourth-order valence-corrected chi connectivity index (χ4v) is 3.66. The second kappa shape index (κ2) is 7.13. The van der Waals surface area contributed by atoms with E-state index in [0.29, 0.717) is 19.4 Å². The van der Waals surface area contributed by atoms with Gasteiger partial charge >= 0.3 is 0 Å². The highest BCUT2D eigenvalue weighted by molar-refractivity contribution is 5.96. The maximum absolute atomic E-state index is 12.5. The number of amides is 2. The highest BCUT2D eigenvalue weighted by Crippen LogP contribution is 2.28. The molecule has 3 rings (SSSR count). The fraction of sp³-hybridized carbons (Fsp3) is 0.556. The molecule has 2 amide bonds. The quantitative estimate of drug-likeness (QED) is 0.891. The summed E-state index contributed by atoms with van der Waals surface area (Å²) in [6.07, 6.45) is 4.95. The zero-order valence-corrected chi connectivity index (χ0v) is 13.5. The van der Waals surface area contributed by atoms with Gasteiger partial charge < -0.3 is 16.0 Å². The minimum absolute atomic E-state index is 0.0329. The lowest BCUT2D eigenvalue weighted by molar-refractivity contribution is -0.135. The summed E-state index contributed by atoms with van der Waals surface area (Å²) in [5.41, 5.74) is 7.84. The van der Waals surface area contributed by atoms with E-state index >= 15 is 0 Å². The van der Waals surface area contributed by atoms with Crippen molar-refractivity contribution in [2.45, 2.75) is 44.6 Å². The van der Waals surface area contributed by atoms with Crippen molar-refractivity contribution in [3.63, 3.8) is 0 Å². The number of benzene rings is 1. The van der Waals surface area contributed by atoms with Gasteiger partial charge in [-0.25, -0.2) is 0 Å². The Balaban J connectivity index is 1.58. The van der Waals surface area contributed by atoms with Crippen LogP contribution in [0.1, 0.15) is 37.7 Å². The summed E-state index contributed by atoms with van der Waals surface area (Å²) in [6.45, 7) is 1.34. The molecule has 1 fully saturated rings. The van der Waals surface area contributed by atoms with Crippen molar-refractivity contribution < 1.29 is 9.59 Å². The van der Waals surface area contributed by atoms with Gasteiger partial charge in [0.15, 0.2) is 0 Å². The number of para-hydroxylation sites is 1. The van der Waals surface area contributed by atoms with Crippen LogP contribution in [0.15, 0.2) is 24.3 Å². The Hall–Kier alpha value is -1.88. The second-order valence-electron chi connectivity index (χ2n) is 6.56. The number of carbonyl (C=O) groups is 2. The Morgan fingerprint density at radius 3 is 2.96 bits per heavy atom. The number of anilines is 1. The Bertz CT molecular complexity index is 587. The van der Waals surface area contributed by atoms with Crippen LogP contribution < -0.4 is 11.1 Å². The summed E-state index contributed by atoms with van der Waals surface area (Å²) in [6, 6.07) is 8.05. The van der Waals surface area contributed by atoms with Gasteiger partial charge in [-0.2, -0.15) is 0 Å². The Morgan fingerprint density at radius 1 is 1.30 bits per heavy atom. The van der Waals surface area contributed by atoms with Crippen molar-refractivity contribution >= 4 is 17.5 Å². The molecule has 23 heavy (non-hydrogen) atoms. The number of hydrogen-bond acceptors (Lipinski definition) is 3. The number of rotatable bonds is 4. The summed E-state index contributed by atoms with van der Waals surface area (Å²) in [5, 5.41) is 2.95. The van der Waals surface area contributed by atoms with Gasteiger partial charge in [-0.05, 0) is 43.7 Å². The van der Waals surface area contributed by atoms with Crippen molar-refractivity contribution in [1.82, 2.24) is 4.90 Å². The van der Waals surface area contributed by atoms with Crippen LogP contribution in [0.5, 0.6) is 0 Å². The lowest BCUT2D eigenvalue weighted by Gasteiger charge is -2.35. The summed E-state index contributed by atoms with van der Waals surface area (Å²) in [7, 11) is 0. The molecule has 2 aliphatic heterocycles. The summed E-state index contributed by atoms with van der Waals surface area (Å²) in [4.78, 5) is 26.6. The Kier molecular flexibility index (Phi) is 4.96. The van der Waals surface area contributed by atoms with E-state index in [4.69, 9.17) is 5.73 Å². The van der Waals surface area contributed by atoms with E-state index in [0.717, 1.165) is 43.5 Å². The number of hydrogen-bond donors (Lipinski definition) is 2. The normalized spacial score (nSPS) is 24.0. The Morgan fingerprint density at radius 2 is 2.13 bits per heavy atom. The second-order valence-corrected chi connectivity index (χ2v) is 6.56. The van der Waals surface area contributed by atoms with Crippen LogP contribution in [-0.4, -0.2) is 35.8 Å². The molecule has 1 aromatic carbocycles. The van der Waals surface area contributed by atoms with Gasteiger partial charge in [-0.15, -0.1) is 0 Å². The van der Waals surface area contributed by atoms with E-state index in [1.165, 1.54) is 0 Å². The molecular formula is C18H25N3O2. The van der Waals surface area contributed by atoms with Gasteiger partial charge in [-0.1, -0.05) is 18.2 Å². The summed E-state index contributed by atoms with van der Waals surface area (Å²) in [5.74, 6) is 0.0623. The predicted octanol–water partition coefficient (Wildman–Crippen LogP) is 1.92. The van der Waals surface area contributed by atoms with Gasteiger partial charge in [0.2, 0.25) is 11.8 Å². The van der Waals surface area contributed by atoms with Crippen LogP contribution in [0.3, 0.4) is 0 Å². The molecule has 0 spiro atoms.